The second-order valence-electron chi connectivity index (χ2n) is 8.36. The Labute approximate surface area is 131 Å². The molecule has 1 saturated carbocycles. The highest BCUT2D eigenvalue weighted by Crippen LogP contribution is 2.40. The van der Waals surface area contributed by atoms with Gasteiger partial charge in [-0.15, -0.1) is 0 Å². The molecule has 2 fully saturated rings. The van der Waals surface area contributed by atoms with E-state index in [-0.39, 0.29) is 6.10 Å². The van der Waals surface area contributed by atoms with Crippen LogP contribution in [0.4, 0.5) is 0 Å². The van der Waals surface area contributed by atoms with Crippen LogP contribution < -0.4 is 5.32 Å². The third-order valence-electron chi connectivity index (χ3n) is 5.65. The molecule has 0 aromatic rings. The van der Waals surface area contributed by atoms with Crippen molar-refractivity contribution in [3.63, 3.8) is 0 Å². The largest absolute Gasteiger partial charge is 0.392 e. The molecule has 0 spiro atoms. The van der Waals surface area contributed by atoms with Crippen LogP contribution in [0.5, 0.6) is 0 Å². The van der Waals surface area contributed by atoms with Gasteiger partial charge in [-0.1, -0.05) is 27.7 Å². The minimum absolute atomic E-state index is 0.0988. The zero-order valence-corrected chi connectivity index (χ0v) is 14.6. The second-order valence-corrected chi connectivity index (χ2v) is 8.36. The van der Waals surface area contributed by atoms with E-state index in [0.717, 1.165) is 37.8 Å². The zero-order valence-electron chi connectivity index (χ0n) is 14.6. The van der Waals surface area contributed by atoms with Crippen LogP contribution in [0.2, 0.25) is 0 Å². The number of hydrogen-bond donors (Lipinski definition) is 2. The van der Waals surface area contributed by atoms with Gasteiger partial charge in [-0.3, -0.25) is 0 Å². The molecule has 1 heterocycles. The molecule has 21 heavy (non-hydrogen) atoms. The van der Waals surface area contributed by atoms with E-state index in [1.54, 1.807) is 0 Å². The summed E-state index contributed by atoms with van der Waals surface area (Å²) >= 11 is 0. The molecule has 1 aliphatic carbocycles. The van der Waals surface area contributed by atoms with Gasteiger partial charge in [0.25, 0.3) is 0 Å². The predicted molar refractivity (Wildman–Crippen MR) is 89.4 cm³/mol. The maximum Gasteiger partial charge on any atom is 0.0667 e. The first-order valence-electron chi connectivity index (χ1n) is 9.04. The van der Waals surface area contributed by atoms with Crippen molar-refractivity contribution in [3.8, 4) is 0 Å². The summed E-state index contributed by atoms with van der Waals surface area (Å²) in [6, 6.07) is 0.674. The fourth-order valence-corrected chi connectivity index (χ4v) is 4.31. The molecule has 3 nitrogen and oxygen atoms in total. The van der Waals surface area contributed by atoms with Crippen molar-refractivity contribution >= 4 is 0 Å². The van der Waals surface area contributed by atoms with Crippen LogP contribution in [-0.2, 0) is 0 Å². The summed E-state index contributed by atoms with van der Waals surface area (Å²) in [6.07, 6.45) is 6.06. The van der Waals surface area contributed by atoms with E-state index in [1.165, 1.54) is 32.4 Å². The number of likely N-dealkylation sites (tertiary alicyclic amines) is 1. The summed E-state index contributed by atoms with van der Waals surface area (Å²) in [6.45, 7) is 13.7. The molecule has 0 bridgehead atoms. The van der Waals surface area contributed by atoms with Gasteiger partial charge in [-0.25, -0.2) is 0 Å². The van der Waals surface area contributed by atoms with E-state index in [9.17, 15) is 5.11 Å². The third kappa shape index (κ3) is 4.94. The average Bonchev–Trinajstić information content (AvgIpc) is 2.40. The number of rotatable bonds is 4. The number of nitrogens with zero attached hydrogens (tertiary/aromatic N) is 1. The van der Waals surface area contributed by atoms with Crippen LogP contribution in [0.3, 0.4) is 0 Å². The molecule has 2 aliphatic rings. The minimum atomic E-state index is -0.0988. The minimum Gasteiger partial charge on any atom is -0.392 e. The molecule has 0 aromatic heterocycles. The lowest BCUT2D eigenvalue weighted by Gasteiger charge is -2.44. The molecule has 4 atom stereocenters. The smallest absolute Gasteiger partial charge is 0.0667 e. The number of aliphatic hydroxyl groups is 1. The summed E-state index contributed by atoms with van der Waals surface area (Å²) in [5.74, 6) is 1.58. The predicted octanol–water partition coefficient (Wildman–Crippen LogP) is 2.88. The molecule has 0 amide bonds. The van der Waals surface area contributed by atoms with Gasteiger partial charge in [-0.2, -0.15) is 0 Å². The van der Waals surface area contributed by atoms with Crippen LogP contribution in [0.15, 0.2) is 0 Å². The van der Waals surface area contributed by atoms with Crippen molar-refractivity contribution in [2.45, 2.75) is 71.9 Å². The van der Waals surface area contributed by atoms with E-state index >= 15 is 0 Å². The van der Waals surface area contributed by atoms with Crippen molar-refractivity contribution in [1.82, 2.24) is 10.2 Å². The second kappa shape index (κ2) is 7.43. The molecule has 0 radical (unpaired) electrons. The fourth-order valence-electron chi connectivity index (χ4n) is 4.31. The van der Waals surface area contributed by atoms with Crippen molar-refractivity contribution in [1.29, 1.82) is 0 Å². The van der Waals surface area contributed by atoms with Gasteiger partial charge >= 0.3 is 0 Å². The number of piperidine rings is 1. The first kappa shape index (κ1) is 17.2. The molecular weight excluding hydrogens is 260 g/mol. The Morgan fingerprint density at radius 1 is 1.19 bits per heavy atom. The Morgan fingerprint density at radius 3 is 2.57 bits per heavy atom. The highest BCUT2D eigenvalue weighted by atomic mass is 16.3. The van der Waals surface area contributed by atoms with E-state index in [1.807, 2.05) is 0 Å². The Kier molecular flexibility index (Phi) is 6.10. The summed E-state index contributed by atoms with van der Waals surface area (Å²) in [5.41, 5.74) is 0.427. The fraction of sp³-hybridized carbons (Fsp3) is 1.00. The van der Waals surface area contributed by atoms with Crippen LogP contribution in [0.25, 0.3) is 0 Å². The Bertz CT molecular complexity index is 313. The summed E-state index contributed by atoms with van der Waals surface area (Å²) in [5, 5.41) is 13.6. The summed E-state index contributed by atoms with van der Waals surface area (Å²) in [7, 11) is 0. The van der Waals surface area contributed by atoms with Crippen molar-refractivity contribution < 1.29 is 5.11 Å². The Morgan fingerprint density at radius 2 is 1.95 bits per heavy atom. The average molecular weight is 296 g/mol. The van der Waals surface area contributed by atoms with Crippen LogP contribution >= 0.6 is 0 Å². The lowest BCUT2D eigenvalue weighted by atomic mass is 9.67. The number of nitrogens with one attached hydrogen (secondary N) is 1. The number of hydrogen-bond acceptors (Lipinski definition) is 3. The van der Waals surface area contributed by atoms with Gasteiger partial charge in [-0.05, 0) is 62.4 Å². The number of aliphatic hydroxyl groups excluding tert-OH is 1. The zero-order chi connectivity index (χ0) is 15.5. The Balaban J connectivity index is 1.96. The molecule has 124 valence electrons. The van der Waals surface area contributed by atoms with Gasteiger partial charge in [0.05, 0.1) is 6.10 Å². The van der Waals surface area contributed by atoms with Crippen molar-refractivity contribution in [2.75, 3.05) is 26.2 Å². The highest BCUT2D eigenvalue weighted by molar-refractivity contribution is 4.91. The molecule has 2 N–H and O–H groups in total. The van der Waals surface area contributed by atoms with E-state index < -0.39 is 0 Å². The van der Waals surface area contributed by atoms with Gasteiger partial charge in [0.15, 0.2) is 0 Å². The quantitative estimate of drug-likeness (QED) is 0.837. The topological polar surface area (TPSA) is 35.5 Å². The summed E-state index contributed by atoms with van der Waals surface area (Å²) < 4.78 is 0. The normalized spacial score (nSPS) is 35.9. The van der Waals surface area contributed by atoms with E-state index in [0.29, 0.717) is 11.5 Å². The molecule has 2 rings (SSSR count). The SMILES string of the molecule is CCNC1CCC(C(C)(C)C)CC1CN1CCCC(O)C1. The van der Waals surface area contributed by atoms with Gasteiger partial charge in [0.1, 0.15) is 0 Å². The maximum absolute atomic E-state index is 9.90. The van der Waals surface area contributed by atoms with Gasteiger partial charge < -0.3 is 15.3 Å². The third-order valence-corrected chi connectivity index (χ3v) is 5.65. The van der Waals surface area contributed by atoms with Crippen molar-refractivity contribution in [2.24, 2.45) is 17.3 Å². The first-order chi connectivity index (χ1) is 9.90. The molecular formula is C18H36N2O. The monoisotopic (exact) mass is 296 g/mol. The molecule has 3 heteroatoms. The molecule has 0 aromatic carbocycles. The molecule has 1 saturated heterocycles. The summed E-state index contributed by atoms with van der Waals surface area (Å²) in [4.78, 5) is 2.51. The standard InChI is InChI=1S/C18H36N2O/c1-5-19-17-9-8-15(18(2,3)4)11-14(17)12-20-10-6-7-16(21)13-20/h14-17,19,21H,5-13H2,1-4H3. The number of β-amino-alcohol motifs (C(OH)–C–C–N with tert-alkyl or cyclic N) is 1. The van der Waals surface area contributed by atoms with Crippen LogP contribution in [0.1, 0.15) is 59.8 Å². The Hall–Kier alpha value is -0.120. The van der Waals surface area contributed by atoms with E-state index in [4.69, 9.17) is 0 Å². The lowest BCUT2D eigenvalue weighted by molar-refractivity contribution is 0.0384. The van der Waals surface area contributed by atoms with Crippen LogP contribution in [0, 0.1) is 17.3 Å². The van der Waals surface area contributed by atoms with Gasteiger partial charge in [0, 0.05) is 19.1 Å². The van der Waals surface area contributed by atoms with Crippen molar-refractivity contribution in [3.05, 3.63) is 0 Å². The first-order valence-corrected chi connectivity index (χ1v) is 9.04. The van der Waals surface area contributed by atoms with E-state index in [2.05, 4.69) is 37.9 Å². The highest BCUT2D eigenvalue weighted by Gasteiger charge is 2.36. The molecule has 4 unspecified atom stereocenters. The lowest BCUT2D eigenvalue weighted by Crippen LogP contribution is -2.49. The molecule has 1 aliphatic heterocycles. The van der Waals surface area contributed by atoms with Crippen LogP contribution in [-0.4, -0.2) is 48.3 Å². The maximum atomic E-state index is 9.90. The van der Waals surface area contributed by atoms with Gasteiger partial charge in [0.2, 0.25) is 0 Å².